The van der Waals surface area contributed by atoms with Gasteiger partial charge in [-0.15, -0.1) is 0 Å². The molecule has 0 aliphatic carbocycles. The molecule has 0 bridgehead atoms. The quantitative estimate of drug-likeness (QED) is 0.571. The zero-order valence-corrected chi connectivity index (χ0v) is 10.4. The third kappa shape index (κ3) is 5.67. The lowest BCUT2D eigenvalue weighted by atomic mass is 10.1. The molecular formula is C10H21N3O3. The van der Waals surface area contributed by atoms with Crippen LogP contribution >= 0.6 is 0 Å². The largest absolute Gasteiger partial charge is 0.383 e. The van der Waals surface area contributed by atoms with Crippen molar-refractivity contribution in [2.24, 2.45) is 5.73 Å². The average molecular weight is 231 g/mol. The van der Waals surface area contributed by atoms with E-state index in [0.717, 1.165) is 0 Å². The summed E-state index contributed by atoms with van der Waals surface area (Å²) in [5.74, 6) is -0.494. The van der Waals surface area contributed by atoms with Gasteiger partial charge in [-0.2, -0.15) is 0 Å². The maximum Gasteiger partial charge on any atom is 0.242 e. The van der Waals surface area contributed by atoms with Gasteiger partial charge in [0.2, 0.25) is 11.8 Å². The molecule has 0 aromatic heterocycles. The van der Waals surface area contributed by atoms with Gasteiger partial charge in [0.15, 0.2) is 0 Å². The highest BCUT2D eigenvalue weighted by Crippen LogP contribution is 2.01. The minimum absolute atomic E-state index is 0.00315. The number of methoxy groups -OCH3 is 1. The van der Waals surface area contributed by atoms with Crippen molar-refractivity contribution in [3.8, 4) is 0 Å². The van der Waals surface area contributed by atoms with E-state index in [0.29, 0.717) is 13.2 Å². The van der Waals surface area contributed by atoms with E-state index >= 15 is 0 Å². The Labute approximate surface area is 96.1 Å². The number of carbonyl (C=O) groups is 2. The summed E-state index contributed by atoms with van der Waals surface area (Å²) >= 11 is 0. The summed E-state index contributed by atoms with van der Waals surface area (Å²) in [5, 5.41) is 2.62. The molecule has 0 rings (SSSR count). The standard InChI is InChI=1S/C10H21N3O3/c1-10(2,11)9(15)13(3)7-8(14)12-5-6-16-4/h5-7,11H2,1-4H3,(H,12,14). The van der Waals surface area contributed by atoms with E-state index in [9.17, 15) is 9.59 Å². The number of rotatable bonds is 6. The van der Waals surface area contributed by atoms with Crippen LogP contribution in [0.3, 0.4) is 0 Å². The fourth-order valence-electron chi connectivity index (χ4n) is 1.13. The van der Waals surface area contributed by atoms with Crippen LogP contribution in [0.25, 0.3) is 0 Å². The van der Waals surface area contributed by atoms with Crippen LogP contribution in [0.5, 0.6) is 0 Å². The number of hydrogen-bond acceptors (Lipinski definition) is 4. The van der Waals surface area contributed by atoms with Crippen molar-refractivity contribution in [1.82, 2.24) is 10.2 Å². The van der Waals surface area contributed by atoms with Gasteiger partial charge in [-0.3, -0.25) is 9.59 Å². The highest BCUT2D eigenvalue weighted by molar-refractivity contribution is 5.89. The Morgan fingerprint density at radius 3 is 2.44 bits per heavy atom. The summed E-state index contributed by atoms with van der Waals surface area (Å²) in [6.07, 6.45) is 0. The molecule has 0 aliphatic heterocycles. The number of nitrogens with zero attached hydrogens (tertiary/aromatic N) is 1. The highest BCUT2D eigenvalue weighted by Gasteiger charge is 2.26. The van der Waals surface area contributed by atoms with Crippen molar-refractivity contribution in [3.63, 3.8) is 0 Å². The van der Waals surface area contributed by atoms with Crippen LogP contribution < -0.4 is 11.1 Å². The predicted molar refractivity (Wildman–Crippen MR) is 60.8 cm³/mol. The molecule has 2 amide bonds. The van der Waals surface area contributed by atoms with E-state index in [2.05, 4.69) is 5.32 Å². The van der Waals surface area contributed by atoms with E-state index in [-0.39, 0.29) is 18.4 Å². The number of hydrogen-bond donors (Lipinski definition) is 2. The topological polar surface area (TPSA) is 84.7 Å². The number of amides is 2. The fraction of sp³-hybridized carbons (Fsp3) is 0.800. The lowest BCUT2D eigenvalue weighted by molar-refractivity contribution is -0.138. The second-order valence-corrected chi connectivity index (χ2v) is 4.23. The normalized spacial score (nSPS) is 11.1. The van der Waals surface area contributed by atoms with Gasteiger partial charge in [0, 0.05) is 20.7 Å². The molecule has 0 saturated carbocycles. The first kappa shape index (κ1) is 14.9. The van der Waals surface area contributed by atoms with E-state index in [4.69, 9.17) is 10.5 Å². The maximum absolute atomic E-state index is 11.6. The van der Waals surface area contributed by atoms with Crippen LogP contribution in [0, 0.1) is 0 Å². The second kappa shape index (κ2) is 6.44. The van der Waals surface area contributed by atoms with E-state index < -0.39 is 5.54 Å². The van der Waals surface area contributed by atoms with Crippen molar-refractivity contribution < 1.29 is 14.3 Å². The highest BCUT2D eigenvalue weighted by atomic mass is 16.5. The Bertz CT molecular complexity index is 248. The fourth-order valence-corrected chi connectivity index (χ4v) is 1.13. The summed E-state index contributed by atoms with van der Waals surface area (Å²) in [7, 11) is 3.10. The lowest BCUT2D eigenvalue weighted by Gasteiger charge is -2.25. The first-order valence-electron chi connectivity index (χ1n) is 5.09. The van der Waals surface area contributed by atoms with Crippen LogP contribution in [0.2, 0.25) is 0 Å². The molecule has 0 spiro atoms. The number of nitrogens with two attached hydrogens (primary N) is 1. The van der Waals surface area contributed by atoms with Crippen molar-refractivity contribution in [3.05, 3.63) is 0 Å². The summed E-state index contributed by atoms with van der Waals surface area (Å²) < 4.78 is 4.78. The number of nitrogens with one attached hydrogen (secondary N) is 1. The van der Waals surface area contributed by atoms with Crippen LogP contribution in [-0.4, -0.2) is 56.1 Å². The molecule has 16 heavy (non-hydrogen) atoms. The Kier molecular flexibility index (Phi) is 5.98. The third-order valence-corrected chi connectivity index (χ3v) is 1.91. The van der Waals surface area contributed by atoms with Crippen molar-refractivity contribution in [2.75, 3.05) is 33.9 Å². The summed E-state index contributed by atoms with van der Waals surface area (Å²) in [5.41, 5.74) is 4.68. The van der Waals surface area contributed by atoms with Gasteiger partial charge >= 0.3 is 0 Å². The first-order chi connectivity index (χ1) is 7.29. The second-order valence-electron chi connectivity index (χ2n) is 4.23. The number of carbonyl (C=O) groups excluding carboxylic acids is 2. The summed E-state index contributed by atoms with van der Waals surface area (Å²) in [6.45, 7) is 4.10. The third-order valence-electron chi connectivity index (χ3n) is 1.91. The Morgan fingerprint density at radius 2 is 2.00 bits per heavy atom. The minimum atomic E-state index is -0.957. The zero-order valence-electron chi connectivity index (χ0n) is 10.4. The van der Waals surface area contributed by atoms with Crippen LogP contribution in [0.4, 0.5) is 0 Å². The maximum atomic E-state index is 11.6. The molecule has 6 nitrogen and oxygen atoms in total. The molecule has 0 aromatic rings. The molecule has 0 radical (unpaired) electrons. The summed E-state index contributed by atoms with van der Waals surface area (Å²) in [6, 6.07) is 0. The van der Waals surface area contributed by atoms with Gasteiger partial charge in [0.1, 0.15) is 0 Å². The monoisotopic (exact) mass is 231 g/mol. The predicted octanol–water partition coefficient (Wildman–Crippen LogP) is -1.06. The minimum Gasteiger partial charge on any atom is -0.383 e. The van der Waals surface area contributed by atoms with Crippen LogP contribution in [-0.2, 0) is 14.3 Å². The van der Waals surface area contributed by atoms with Gasteiger partial charge in [0.05, 0.1) is 18.7 Å². The van der Waals surface area contributed by atoms with Crippen LogP contribution in [0.1, 0.15) is 13.8 Å². The van der Waals surface area contributed by atoms with Crippen molar-refractivity contribution in [2.45, 2.75) is 19.4 Å². The van der Waals surface area contributed by atoms with Crippen LogP contribution in [0.15, 0.2) is 0 Å². The molecule has 0 heterocycles. The van der Waals surface area contributed by atoms with Gasteiger partial charge in [0.25, 0.3) is 0 Å². The molecule has 3 N–H and O–H groups in total. The zero-order chi connectivity index (χ0) is 12.8. The van der Waals surface area contributed by atoms with E-state index in [1.165, 1.54) is 4.90 Å². The van der Waals surface area contributed by atoms with Gasteiger partial charge in [-0.1, -0.05) is 0 Å². The lowest BCUT2D eigenvalue weighted by Crippen LogP contribution is -2.52. The Morgan fingerprint density at radius 1 is 1.44 bits per heavy atom. The molecule has 0 saturated heterocycles. The summed E-state index contributed by atoms with van der Waals surface area (Å²) in [4.78, 5) is 24.3. The molecule has 0 aliphatic rings. The van der Waals surface area contributed by atoms with Crippen molar-refractivity contribution >= 4 is 11.8 Å². The number of likely N-dealkylation sites (N-methyl/N-ethyl adjacent to an activating group) is 1. The molecule has 0 fully saturated rings. The SMILES string of the molecule is COCCNC(=O)CN(C)C(=O)C(C)(C)N. The molecule has 0 aromatic carbocycles. The first-order valence-corrected chi connectivity index (χ1v) is 5.09. The number of ether oxygens (including phenoxy) is 1. The van der Waals surface area contributed by atoms with E-state index in [1.54, 1.807) is 28.0 Å². The Hall–Kier alpha value is -1.14. The molecule has 0 unspecified atom stereocenters. The smallest absolute Gasteiger partial charge is 0.242 e. The molecule has 94 valence electrons. The van der Waals surface area contributed by atoms with E-state index in [1.807, 2.05) is 0 Å². The van der Waals surface area contributed by atoms with Gasteiger partial charge in [-0.05, 0) is 13.8 Å². The Balaban J connectivity index is 4.00. The molecular weight excluding hydrogens is 210 g/mol. The van der Waals surface area contributed by atoms with Gasteiger partial charge in [-0.25, -0.2) is 0 Å². The molecule has 0 atom stereocenters. The average Bonchev–Trinajstić information content (AvgIpc) is 2.15. The molecule has 6 heteroatoms. The van der Waals surface area contributed by atoms with Gasteiger partial charge < -0.3 is 20.7 Å². The van der Waals surface area contributed by atoms with Crippen molar-refractivity contribution in [1.29, 1.82) is 0 Å².